The molecule has 0 saturated carbocycles. The third-order valence-corrected chi connectivity index (χ3v) is 3.67. The maximum Gasteiger partial charge on any atom is 0.254 e. The number of carbonyl (C=O) groups excluding carboxylic acids is 2. The van der Waals surface area contributed by atoms with Crippen LogP contribution in [-0.2, 0) is 4.79 Å². The molecule has 0 radical (unpaired) electrons. The van der Waals surface area contributed by atoms with Gasteiger partial charge in [0.15, 0.2) is 0 Å². The number of benzene rings is 1. The zero-order valence-electron chi connectivity index (χ0n) is 11.2. The molecule has 2 N–H and O–H groups in total. The second kappa shape index (κ2) is 4.96. The van der Waals surface area contributed by atoms with Crippen LogP contribution in [0.1, 0.15) is 23.7 Å². The third-order valence-electron chi connectivity index (χ3n) is 3.67. The number of hydrogen-bond donors (Lipinski definition) is 2. The Balaban J connectivity index is 1.92. The average Bonchev–Trinajstić information content (AvgIpc) is 2.93. The summed E-state index contributed by atoms with van der Waals surface area (Å²) >= 11 is 0. The summed E-state index contributed by atoms with van der Waals surface area (Å²) in [4.78, 5) is 26.1. The van der Waals surface area contributed by atoms with Gasteiger partial charge in [-0.3, -0.25) is 14.7 Å². The molecular formula is C14H16N4O2. The van der Waals surface area contributed by atoms with Crippen molar-refractivity contribution in [2.45, 2.75) is 19.4 Å². The number of aromatic amines is 1. The summed E-state index contributed by atoms with van der Waals surface area (Å²) in [6.45, 7) is 2.96. The lowest BCUT2D eigenvalue weighted by Crippen LogP contribution is -2.56. The summed E-state index contributed by atoms with van der Waals surface area (Å²) in [6, 6.07) is 5.04. The van der Waals surface area contributed by atoms with Crippen molar-refractivity contribution in [1.29, 1.82) is 0 Å². The zero-order chi connectivity index (χ0) is 14.1. The lowest BCUT2D eigenvalue weighted by Gasteiger charge is -2.34. The Morgan fingerprint density at radius 2 is 2.35 bits per heavy atom. The highest BCUT2D eigenvalue weighted by Crippen LogP contribution is 2.17. The van der Waals surface area contributed by atoms with Gasteiger partial charge in [-0.1, -0.05) is 13.0 Å². The molecule has 0 aliphatic carbocycles. The van der Waals surface area contributed by atoms with Gasteiger partial charge in [-0.15, -0.1) is 0 Å². The van der Waals surface area contributed by atoms with Crippen LogP contribution in [0.2, 0.25) is 0 Å². The topological polar surface area (TPSA) is 78.1 Å². The van der Waals surface area contributed by atoms with Gasteiger partial charge in [-0.25, -0.2) is 0 Å². The number of nitrogens with zero attached hydrogens (tertiary/aromatic N) is 2. The zero-order valence-corrected chi connectivity index (χ0v) is 11.2. The van der Waals surface area contributed by atoms with E-state index in [0.717, 1.165) is 10.9 Å². The smallest absolute Gasteiger partial charge is 0.254 e. The molecule has 1 aliphatic rings. The number of aromatic nitrogens is 2. The summed E-state index contributed by atoms with van der Waals surface area (Å²) in [6.07, 6.45) is 2.33. The van der Waals surface area contributed by atoms with Crippen molar-refractivity contribution in [3.8, 4) is 0 Å². The molecule has 6 nitrogen and oxygen atoms in total. The Hall–Kier alpha value is -2.37. The van der Waals surface area contributed by atoms with Gasteiger partial charge in [0.05, 0.1) is 11.7 Å². The molecule has 6 heteroatoms. The van der Waals surface area contributed by atoms with Crippen LogP contribution in [0.5, 0.6) is 0 Å². The fourth-order valence-electron chi connectivity index (χ4n) is 2.60. The first-order valence-electron chi connectivity index (χ1n) is 6.72. The Labute approximate surface area is 116 Å². The van der Waals surface area contributed by atoms with E-state index >= 15 is 0 Å². The van der Waals surface area contributed by atoms with Crippen molar-refractivity contribution in [1.82, 2.24) is 20.4 Å². The predicted molar refractivity (Wildman–Crippen MR) is 74.2 cm³/mol. The van der Waals surface area contributed by atoms with Crippen molar-refractivity contribution >= 4 is 22.7 Å². The molecule has 1 saturated heterocycles. The highest BCUT2D eigenvalue weighted by atomic mass is 16.2. The molecule has 0 spiro atoms. The number of rotatable bonds is 2. The van der Waals surface area contributed by atoms with Gasteiger partial charge in [-0.05, 0) is 18.6 Å². The van der Waals surface area contributed by atoms with Crippen molar-refractivity contribution < 1.29 is 9.59 Å². The number of piperazine rings is 1. The fraction of sp³-hybridized carbons (Fsp3) is 0.357. The minimum atomic E-state index is -0.381. The van der Waals surface area contributed by atoms with Crippen LogP contribution in [-0.4, -0.2) is 46.0 Å². The highest BCUT2D eigenvalue weighted by Gasteiger charge is 2.32. The van der Waals surface area contributed by atoms with E-state index in [0.29, 0.717) is 25.1 Å². The first kappa shape index (κ1) is 12.7. The highest BCUT2D eigenvalue weighted by molar-refractivity contribution is 6.00. The van der Waals surface area contributed by atoms with Crippen LogP contribution in [0.4, 0.5) is 0 Å². The first-order valence-corrected chi connectivity index (χ1v) is 6.72. The third kappa shape index (κ3) is 2.03. The second-order valence-electron chi connectivity index (χ2n) is 4.89. The lowest BCUT2D eigenvalue weighted by atomic mass is 10.1. The van der Waals surface area contributed by atoms with Crippen LogP contribution in [0.15, 0.2) is 24.4 Å². The van der Waals surface area contributed by atoms with Crippen molar-refractivity contribution in [2.75, 3.05) is 13.1 Å². The van der Waals surface area contributed by atoms with E-state index in [-0.39, 0.29) is 17.9 Å². The molecule has 1 aromatic carbocycles. The van der Waals surface area contributed by atoms with Gasteiger partial charge in [0.25, 0.3) is 5.91 Å². The van der Waals surface area contributed by atoms with Gasteiger partial charge in [0.1, 0.15) is 6.04 Å². The average molecular weight is 272 g/mol. The molecule has 104 valence electrons. The van der Waals surface area contributed by atoms with E-state index in [1.165, 1.54) is 0 Å². The van der Waals surface area contributed by atoms with Crippen LogP contribution < -0.4 is 5.32 Å². The standard InChI is InChI=1S/C14H16N4O2/c1-2-12-13(19)15-5-6-18(12)14(20)9-3-4-10-8-16-17-11(10)7-9/h3-4,7-8,12H,2,5-6H2,1H3,(H,15,19)(H,16,17). The summed E-state index contributed by atoms with van der Waals surface area (Å²) in [5, 5.41) is 10.6. The largest absolute Gasteiger partial charge is 0.353 e. The number of carbonyl (C=O) groups is 2. The van der Waals surface area contributed by atoms with E-state index in [1.54, 1.807) is 23.2 Å². The predicted octanol–water partition coefficient (Wildman–Crippen LogP) is 0.913. The first-order chi connectivity index (χ1) is 9.70. The minimum Gasteiger partial charge on any atom is -0.353 e. The van der Waals surface area contributed by atoms with Gasteiger partial charge in [0, 0.05) is 24.0 Å². The summed E-state index contributed by atoms with van der Waals surface area (Å²) in [7, 11) is 0. The normalized spacial score (nSPS) is 19.1. The molecule has 3 rings (SSSR count). The number of hydrogen-bond acceptors (Lipinski definition) is 3. The second-order valence-corrected chi connectivity index (χ2v) is 4.89. The molecule has 2 heterocycles. The van der Waals surface area contributed by atoms with Crippen LogP contribution in [0.25, 0.3) is 10.9 Å². The van der Waals surface area contributed by atoms with E-state index in [1.807, 2.05) is 13.0 Å². The van der Waals surface area contributed by atoms with Crippen LogP contribution in [0.3, 0.4) is 0 Å². The summed E-state index contributed by atoms with van der Waals surface area (Å²) in [5.41, 5.74) is 1.40. The molecule has 1 fully saturated rings. The number of amides is 2. The maximum absolute atomic E-state index is 12.6. The van der Waals surface area contributed by atoms with Crippen molar-refractivity contribution in [3.63, 3.8) is 0 Å². The van der Waals surface area contributed by atoms with Gasteiger partial charge in [-0.2, -0.15) is 5.10 Å². The minimum absolute atomic E-state index is 0.0743. The Kier molecular flexibility index (Phi) is 3.14. The fourth-order valence-corrected chi connectivity index (χ4v) is 2.60. The SMILES string of the molecule is CCC1C(=O)NCCN1C(=O)c1ccc2cn[nH]c2c1. The van der Waals surface area contributed by atoms with Crippen molar-refractivity contribution in [3.05, 3.63) is 30.0 Å². The maximum atomic E-state index is 12.6. The van der Waals surface area contributed by atoms with Crippen LogP contribution in [0, 0.1) is 0 Å². The van der Waals surface area contributed by atoms with E-state index in [4.69, 9.17) is 0 Å². The Bertz CT molecular complexity index is 664. The molecule has 0 bridgehead atoms. The monoisotopic (exact) mass is 272 g/mol. The molecule has 1 aromatic heterocycles. The molecular weight excluding hydrogens is 256 g/mol. The molecule has 2 amide bonds. The Morgan fingerprint density at radius 3 is 3.15 bits per heavy atom. The van der Waals surface area contributed by atoms with Crippen molar-refractivity contribution in [2.24, 2.45) is 0 Å². The lowest BCUT2D eigenvalue weighted by molar-refractivity contribution is -0.127. The van der Waals surface area contributed by atoms with E-state index in [9.17, 15) is 9.59 Å². The molecule has 1 unspecified atom stereocenters. The summed E-state index contributed by atoms with van der Waals surface area (Å²) < 4.78 is 0. The van der Waals surface area contributed by atoms with Gasteiger partial charge < -0.3 is 10.2 Å². The van der Waals surface area contributed by atoms with Gasteiger partial charge in [0.2, 0.25) is 5.91 Å². The van der Waals surface area contributed by atoms with Gasteiger partial charge >= 0.3 is 0 Å². The number of nitrogens with one attached hydrogen (secondary N) is 2. The quantitative estimate of drug-likeness (QED) is 0.853. The van der Waals surface area contributed by atoms with E-state index in [2.05, 4.69) is 15.5 Å². The molecule has 20 heavy (non-hydrogen) atoms. The molecule has 2 aromatic rings. The van der Waals surface area contributed by atoms with E-state index < -0.39 is 0 Å². The molecule has 1 atom stereocenters. The van der Waals surface area contributed by atoms with Crippen LogP contribution >= 0.6 is 0 Å². The summed E-state index contributed by atoms with van der Waals surface area (Å²) in [5.74, 6) is -0.182. The molecule has 1 aliphatic heterocycles. The number of fused-ring (bicyclic) bond motifs is 1. The number of H-pyrrole nitrogens is 1. The Morgan fingerprint density at radius 1 is 1.50 bits per heavy atom.